The Morgan fingerprint density at radius 2 is 0.897 bits per heavy atom. The van der Waals surface area contributed by atoms with Gasteiger partial charge in [0.1, 0.15) is 23.0 Å². The van der Waals surface area contributed by atoms with Gasteiger partial charge in [-0.05, 0) is 129 Å². The van der Waals surface area contributed by atoms with Crippen LogP contribution in [-0.4, -0.2) is 22.6 Å². The molecule has 0 N–H and O–H groups in total. The summed E-state index contributed by atoms with van der Waals surface area (Å²) in [6, 6.07) is 85.0. The topological polar surface area (TPSA) is 31.6 Å². The molecule has 11 aromatic carbocycles. The van der Waals surface area contributed by atoms with Crippen LogP contribution in [0.2, 0.25) is 0 Å². The molecule has 0 aliphatic carbocycles. The zero-order valence-electron chi connectivity index (χ0n) is 43.2. The summed E-state index contributed by atoms with van der Waals surface area (Å²) in [6.07, 6.45) is 0. The van der Waals surface area contributed by atoms with Crippen molar-refractivity contribution in [2.75, 3.05) is 4.90 Å². The van der Waals surface area contributed by atoms with Crippen LogP contribution in [-0.2, 0) is 5.41 Å². The number of para-hydroxylation sites is 7. The van der Waals surface area contributed by atoms with Crippen LogP contribution in [0.15, 0.2) is 240 Å². The van der Waals surface area contributed by atoms with Crippen LogP contribution in [0.4, 0.5) is 17.1 Å². The number of anilines is 3. The van der Waals surface area contributed by atoms with E-state index in [1.54, 1.807) is 0 Å². The van der Waals surface area contributed by atoms with E-state index in [0.29, 0.717) is 0 Å². The molecule has 4 aliphatic heterocycles. The normalized spacial score (nSPS) is 13.7. The van der Waals surface area contributed by atoms with E-state index >= 15 is 0 Å². The molecule has 366 valence electrons. The summed E-state index contributed by atoms with van der Waals surface area (Å²) in [4.78, 5) is 5.03. The van der Waals surface area contributed by atoms with Gasteiger partial charge in [0.05, 0.1) is 22.1 Å². The maximum absolute atomic E-state index is 7.26. The van der Waals surface area contributed by atoms with Crippen LogP contribution in [0.25, 0.3) is 66.1 Å². The smallest absolute Gasteiger partial charge is 0.260 e. The zero-order chi connectivity index (χ0) is 51.5. The van der Waals surface area contributed by atoms with Crippen molar-refractivity contribution in [1.82, 2.24) is 9.13 Å². The first-order valence-electron chi connectivity index (χ1n) is 27.1. The molecule has 0 atom stereocenters. The van der Waals surface area contributed by atoms with Gasteiger partial charge in [0.2, 0.25) is 6.71 Å². The van der Waals surface area contributed by atoms with Crippen molar-refractivity contribution in [3.8, 4) is 45.5 Å². The van der Waals surface area contributed by atoms with E-state index in [0.717, 1.165) is 79.0 Å². The number of nitrogens with zero attached hydrogens (tertiary/aromatic N) is 3. The van der Waals surface area contributed by atoms with Gasteiger partial charge in [-0.1, -0.05) is 178 Å². The van der Waals surface area contributed by atoms with Crippen molar-refractivity contribution < 1.29 is 9.47 Å². The van der Waals surface area contributed by atoms with Crippen LogP contribution >= 0.6 is 11.8 Å². The zero-order valence-corrected chi connectivity index (χ0v) is 44.0. The monoisotopic (exact) mass is 1020 g/mol. The first-order valence-corrected chi connectivity index (χ1v) is 27.9. The Bertz CT molecular complexity index is 4630. The maximum Gasteiger partial charge on any atom is 0.260 e. The maximum atomic E-state index is 7.26. The van der Waals surface area contributed by atoms with E-state index in [2.05, 4.69) is 265 Å². The van der Waals surface area contributed by atoms with E-state index in [-0.39, 0.29) is 18.8 Å². The van der Waals surface area contributed by atoms with Crippen molar-refractivity contribution in [3.05, 3.63) is 236 Å². The second-order valence-electron chi connectivity index (χ2n) is 22.3. The predicted octanol–water partition coefficient (Wildman–Crippen LogP) is 14.3. The average molecular weight is 1020 g/mol. The third kappa shape index (κ3) is 6.18. The highest BCUT2D eigenvalue weighted by atomic mass is 32.2. The molecule has 13 aromatic rings. The van der Waals surface area contributed by atoms with Crippen LogP contribution in [0.5, 0.6) is 23.0 Å². The van der Waals surface area contributed by atoms with Crippen molar-refractivity contribution in [3.63, 3.8) is 0 Å². The molecule has 0 saturated heterocycles. The molecule has 2 aromatic heterocycles. The van der Waals surface area contributed by atoms with Crippen molar-refractivity contribution >= 4 is 119 Å². The first-order chi connectivity index (χ1) is 38.3. The van der Waals surface area contributed by atoms with Gasteiger partial charge in [-0.3, -0.25) is 0 Å². The molecule has 0 amide bonds. The molecule has 0 unspecified atom stereocenters. The number of benzene rings is 11. The molecule has 4 aliphatic rings. The molecule has 0 saturated carbocycles. The molecule has 5 nitrogen and oxygen atoms in total. The molecule has 78 heavy (non-hydrogen) atoms. The standard InChI is InChI=1S/C70H47B2N3O2S/c1-70(2,3)66-50(41-63-68-69(66)77-62-32-18-12-26-53(62)72(68)52-25-11-17-31-61(52)76-63)42-37-60-67-65(38-42)78-64-40-45(75-57-29-15-9-23-48(57)49-24-10-16-30-58(49)75)34-36-54(64)71(67)51-35-33-44(39-59(51)73(60)43-19-5-4-6-20-43)74-55-27-13-7-21-46(55)47-22-8-14-28-56(47)74/h4-41H,1-3H3. The van der Waals surface area contributed by atoms with Crippen LogP contribution < -0.4 is 47.2 Å². The van der Waals surface area contributed by atoms with Crippen molar-refractivity contribution in [2.24, 2.45) is 0 Å². The fraction of sp³-hybridized carbons (Fsp3) is 0.0571. The van der Waals surface area contributed by atoms with E-state index in [1.165, 1.54) is 75.4 Å². The first kappa shape index (κ1) is 44.1. The van der Waals surface area contributed by atoms with Crippen molar-refractivity contribution in [2.45, 2.75) is 36.0 Å². The minimum atomic E-state index is -0.330. The van der Waals surface area contributed by atoms with E-state index in [1.807, 2.05) is 11.8 Å². The van der Waals surface area contributed by atoms with Gasteiger partial charge in [0.25, 0.3) is 6.71 Å². The third-order valence-corrected chi connectivity index (χ3v) is 18.1. The summed E-state index contributed by atoms with van der Waals surface area (Å²) < 4.78 is 19.2. The fourth-order valence-corrected chi connectivity index (χ4v) is 15.1. The molecule has 0 fully saturated rings. The largest absolute Gasteiger partial charge is 0.458 e. The summed E-state index contributed by atoms with van der Waals surface area (Å²) in [5.41, 5.74) is 20.8. The Morgan fingerprint density at radius 3 is 1.50 bits per heavy atom. The highest BCUT2D eigenvalue weighted by molar-refractivity contribution is 8.00. The van der Waals surface area contributed by atoms with Gasteiger partial charge in [0, 0.05) is 70.8 Å². The number of fused-ring (bicyclic) bond motifs is 14. The number of rotatable bonds is 4. The average Bonchev–Trinajstić information content (AvgIpc) is 4.13. The van der Waals surface area contributed by atoms with Gasteiger partial charge in [-0.25, -0.2) is 0 Å². The van der Waals surface area contributed by atoms with Gasteiger partial charge >= 0.3 is 0 Å². The van der Waals surface area contributed by atoms with E-state index in [4.69, 9.17) is 9.47 Å². The summed E-state index contributed by atoms with van der Waals surface area (Å²) in [5, 5.41) is 4.99. The molecule has 6 heterocycles. The summed E-state index contributed by atoms with van der Waals surface area (Å²) in [5.74, 6) is 3.51. The lowest BCUT2D eigenvalue weighted by molar-refractivity contribution is 0.447. The summed E-state index contributed by atoms with van der Waals surface area (Å²) in [7, 11) is 0. The second-order valence-corrected chi connectivity index (χ2v) is 23.4. The minimum absolute atomic E-state index is 0.0323. The summed E-state index contributed by atoms with van der Waals surface area (Å²) >= 11 is 1.90. The SMILES string of the molecule is CC(C)(C)c1c(-c2cc3c4c(c2)N(c2ccccc2)c2cc(-n5c6ccccc6c6ccccc65)ccc2B4c2ccc(-n4c5ccccc5c5ccccc54)cc2S3)cc2c3c1Oc1ccccc1B3c1ccccc1O2. The lowest BCUT2D eigenvalue weighted by atomic mass is 9.34. The predicted molar refractivity (Wildman–Crippen MR) is 327 cm³/mol. The third-order valence-electron chi connectivity index (χ3n) is 17.0. The Balaban J connectivity index is 0.949. The van der Waals surface area contributed by atoms with Crippen molar-refractivity contribution in [1.29, 1.82) is 0 Å². The van der Waals surface area contributed by atoms with Gasteiger partial charge < -0.3 is 23.5 Å². The van der Waals surface area contributed by atoms with Gasteiger partial charge in [0.15, 0.2) is 0 Å². The van der Waals surface area contributed by atoms with Gasteiger partial charge in [-0.15, -0.1) is 0 Å². The Kier molecular flexibility index (Phi) is 9.16. The highest BCUT2D eigenvalue weighted by Gasteiger charge is 2.45. The Hall–Kier alpha value is -9.10. The van der Waals surface area contributed by atoms with Crippen LogP contribution in [0.1, 0.15) is 26.3 Å². The molecule has 0 bridgehead atoms. The molecule has 0 radical (unpaired) electrons. The number of aromatic nitrogens is 2. The van der Waals surface area contributed by atoms with E-state index < -0.39 is 0 Å². The molecular weight excluding hydrogens is 968 g/mol. The highest BCUT2D eigenvalue weighted by Crippen LogP contribution is 2.50. The number of hydrogen-bond donors (Lipinski definition) is 0. The van der Waals surface area contributed by atoms with Crippen LogP contribution in [0.3, 0.4) is 0 Å². The molecule has 8 heteroatoms. The Labute approximate surface area is 457 Å². The minimum Gasteiger partial charge on any atom is -0.458 e. The molecule has 0 spiro atoms. The Morgan fingerprint density at radius 1 is 0.385 bits per heavy atom. The second kappa shape index (κ2) is 16.2. The lowest BCUT2D eigenvalue weighted by Crippen LogP contribution is -2.59. The number of ether oxygens (including phenoxy) is 2. The lowest BCUT2D eigenvalue weighted by Gasteiger charge is -2.41. The molecular formula is C70H47B2N3O2S. The quantitative estimate of drug-likeness (QED) is 0.164. The van der Waals surface area contributed by atoms with Crippen LogP contribution in [0, 0.1) is 0 Å². The van der Waals surface area contributed by atoms with Gasteiger partial charge in [-0.2, -0.15) is 0 Å². The number of hydrogen-bond acceptors (Lipinski definition) is 4. The fourth-order valence-electron chi connectivity index (χ4n) is 13.8. The molecule has 17 rings (SSSR count). The van der Waals surface area contributed by atoms with E-state index in [9.17, 15) is 0 Å². The summed E-state index contributed by atoms with van der Waals surface area (Å²) in [6.45, 7) is 6.89.